The van der Waals surface area contributed by atoms with E-state index >= 15 is 0 Å². The van der Waals surface area contributed by atoms with E-state index in [4.69, 9.17) is 9.84 Å². The molecule has 2 rings (SSSR count). The number of Topliss-reactive ketones (excluding diaryl/α,β-unsaturated/α-hetero) is 1. The zero-order valence-electron chi connectivity index (χ0n) is 11.1. The lowest BCUT2D eigenvalue weighted by Gasteiger charge is -2.33. The number of morpholine rings is 1. The number of aliphatic hydroxyl groups is 1. The van der Waals surface area contributed by atoms with Crippen LogP contribution in [0.1, 0.15) is 17.3 Å². The summed E-state index contributed by atoms with van der Waals surface area (Å²) in [6.45, 7) is 2.54. The molecule has 0 amide bonds. The van der Waals surface area contributed by atoms with E-state index in [0.29, 0.717) is 30.9 Å². The second-order valence-electron chi connectivity index (χ2n) is 4.64. The molecule has 108 valence electrons. The third-order valence-electron chi connectivity index (χ3n) is 3.26. The molecule has 1 atom stereocenters. The van der Waals surface area contributed by atoms with E-state index in [0.717, 1.165) is 0 Å². The number of carbonyl (C=O) groups is 1. The van der Waals surface area contributed by atoms with Crippen LogP contribution in [0.4, 0.5) is 11.4 Å². The number of hydrogen-bond acceptors (Lipinski definition) is 6. The van der Waals surface area contributed by atoms with Gasteiger partial charge in [0.25, 0.3) is 5.69 Å². The van der Waals surface area contributed by atoms with Crippen LogP contribution in [0.3, 0.4) is 0 Å². The van der Waals surface area contributed by atoms with Crippen molar-refractivity contribution in [1.29, 1.82) is 0 Å². The van der Waals surface area contributed by atoms with Gasteiger partial charge in [-0.05, 0) is 19.1 Å². The van der Waals surface area contributed by atoms with Crippen molar-refractivity contribution in [2.24, 2.45) is 0 Å². The van der Waals surface area contributed by atoms with Crippen LogP contribution >= 0.6 is 0 Å². The molecule has 1 unspecified atom stereocenters. The third-order valence-corrected chi connectivity index (χ3v) is 3.26. The van der Waals surface area contributed by atoms with Crippen LogP contribution in [-0.2, 0) is 4.74 Å². The van der Waals surface area contributed by atoms with E-state index in [-0.39, 0.29) is 24.2 Å². The van der Waals surface area contributed by atoms with Crippen LogP contribution in [0.2, 0.25) is 0 Å². The first-order valence-electron chi connectivity index (χ1n) is 6.29. The number of ketones is 1. The quantitative estimate of drug-likeness (QED) is 0.502. The molecule has 1 fully saturated rings. The molecule has 1 saturated heterocycles. The molecule has 1 N–H and O–H groups in total. The summed E-state index contributed by atoms with van der Waals surface area (Å²) < 4.78 is 5.33. The molecule has 1 aromatic carbocycles. The molecular weight excluding hydrogens is 264 g/mol. The molecule has 7 nitrogen and oxygen atoms in total. The molecule has 7 heteroatoms. The van der Waals surface area contributed by atoms with Crippen LogP contribution in [0.15, 0.2) is 18.2 Å². The fourth-order valence-electron chi connectivity index (χ4n) is 2.20. The van der Waals surface area contributed by atoms with Gasteiger partial charge < -0.3 is 14.7 Å². The van der Waals surface area contributed by atoms with Gasteiger partial charge in [-0.15, -0.1) is 0 Å². The van der Waals surface area contributed by atoms with Crippen molar-refractivity contribution in [2.75, 3.05) is 31.2 Å². The van der Waals surface area contributed by atoms with E-state index < -0.39 is 4.92 Å². The van der Waals surface area contributed by atoms with E-state index in [2.05, 4.69) is 0 Å². The van der Waals surface area contributed by atoms with Gasteiger partial charge in [0, 0.05) is 24.7 Å². The van der Waals surface area contributed by atoms with Gasteiger partial charge in [0.15, 0.2) is 5.78 Å². The molecule has 1 aliphatic heterocycles. The van der Waals surface area contributed by atoms with Crippen molar-refractivity contribution in [3.63, 3.8) is 0 Å². The van der Waals surface area contributed by atoms with Gasteiger partial charge in [0.2, 0.25) is 0 Å². The monoisotopic (exact) mass is 280 g/mol. The summed E-state index contributed by atoms with van der Waals surface area (Å²) in [4.78, 5) is 23.8. The Morgan fingerprint density at radius 1 is 1.60 bits per heavy atom. The third kappa shape index (κ3) is 2.94. The van der Waals surface area contributed by atoms with Gasteiger partial charge in [-0.1, -0.05) is 0 Å². The summed E-state index contributed by atoms with van der Waals surface area (Å²) in [7, 11) is 0. The van der Waals surface area contributed by atoms with Crippen molar-refractivity contribution in [1.82, 2.24) is 0 Å². The van der Waals surface area contributed by atoms with E-state index in [9.17, 15) is 14.9 Å². The zero-order valence-corrected chi connectivity index (χ0v) is 11.1. The van der Waals surface area contributed by atoms with Crippen molar-refractivity contribution in [3.8, 4) is 0 Å². The van der Waals surface area contributed by atoms with Gasteiger partial charge in [-0.25, -0.2) is 0 Å². The zero-order chi connectivity index (χ0) is 14.7. The van der Waals surface area contributed by atoms with Gasteiger partial charge in [0.05, 0.1) is 24.2 Å². The van der Waals surface area contributed by atoms with E-state index in [1.165, 1.54) is 13.0 Å². The molecule has 0 saturated carbocycles. The second-order valence-corrected chi connectivity index (χ2v) is 4.64. The normalized spacial score (nSPS) is 18.9. The number of nitrogens with zero attached hydrogens (tertiary/aromatic N) is 2. The number of benzene rings is 1. The average molecular weight is 280 g/mol. The van der Waals surface area contributed by atoms with Crippen LogP contribution < -0.4 is 4.90 Å². The van der Waals surface area contributed by atoms with Gasteiger partial charge >= 0.3 is 0 Å². The number of hydrogen-bond donors (Lipinski definition) is 1. The largest absolute Gasteiger partial charge is 0.394 e. The molecule has 0 bridgehead atoms. The van der Waals surface area contributed by atoms with Crippen molar-refractivity contribution in [3.05, 3.63) is 33.9 Å². The van der Waals surface area contributed by atoms with Crippen molar-refractivity contribution in [2.45, 2.75) is 13.0 Å². The maximum atomic E-state index is 11.3. The SMILES string of the molecule is CC(=O)c1ccc(N2CCOC(CO)C2)c([N+](=O)[O-])c1. The molecule has 0 aromatic heterocycles. The lowest BCUT2D eigenvalue weighted by atomic mass is 10.1. The Balaban J connectivity index is 2.35. The minimum Gasteiger partial charge on any atom is -0.394 e. The minimum absolute atomic E-state index is 0.101. The second kappa shape index (κ2) is 5.98. The molecule has 0 aliphatic carbocycles. The lowest BCUT2D eigenvalue weighted by Crippen LogP contribution is -2.44. The average Bonchev–Trinajstić information content (AvgIpc) is 2.46. The van der Waals surface area contributed by atoms with Crippen LogP contribution in [-0.4, -0.2) is 48.2 Å². The van der Waals surface area contributed by atoms with Crippen LogP contribution in [0.5, 0.6) is 0 Å². The number of nitro groups is 1. The fourth-order valence-corrected chi connectivity index (χ4v) is 2.20. The number of rotatable bonds is 4. The topological polar surface area (TPSA) is 92.9 Å². The summed E-state index contributed by atoms with van der Waals surface area (Å²) in [6, 6.07) is 4.45. The Labute approximate surface area is 115 Å². The van der Waals surface area contributed by atoms with Gasteiger partial charge in [-0.2, -0.15) is 0 Å². The molecular formula is C13H16N2O5. The summed E-state index contributed by atoms with van der Waals surface area (Å²) in [6.07, 6.45) is -0.351. The Kier molecular flexibility index (Phi) is 4.31. The minimum atomic E-state index is -0.495. The molecule has 1 heterocycles. The molecule has 1 aliphatic rings. The Bertz CT molecular complexity index is 531. The molecule has 1 aromatic rings. The summed E-state index contributed by atoms with van der Waals surface area (Å²) in [5, 5.41) is 20.3. The maximum Gasteiger partial charge on any atom is 0.293 e. The van der Waals surface area contributed by atoms with Gasteiger partial charge in [0.1, 0.15) is 5.69 Å². The highest BCUT2D eigenvalue weighted by Gasteiger charge is 2.26. The maximum absolute atomic E-state index is 11.3. The first-order valence-corrected chi connectivity index (χ1v) is 6.29. The van der Waals surface area contributed by atoms with E-state index in [1.54, 1.807) is 17.0 Å². The number of aliphatic hydroxyl groups excluding tert-OH is 1. The highest BCUT2D eigenvalue weighted by molar-refractivity contribution is 5.95. The first kappa shape index (κ1) is 14.4. The highest BCUT2D eigenvalue weighted by atomic mass is 16.6. The molecule has 0 spiro atoms. The Morgan fingerprint density at radius 3 is 2.95 bits per heavy atom. The van der Waals surface area contributed by atoms with Crippen molar-refractivity contribution >= 4 is 17.2 Å². The fraction of sp³-hybridized carbons (Fsp3) is 0.462. The lowest BCUT2D eigenvalue weighted by molar-refractivity contribution is -0.384. The van der Waals surface area contributed by atoms with Crippen LogP contribution in [0.25, 0.3) is 0 Å². The molecule has 0 radical (unpaired) electrons. The summed E-state index contributed by atoms with van der Waals surface area (Å²) in [5.41, 5.74) is 0.658. The smallest absolute Gasteiger partial charge is 0.293 e. The Hall–Kier alpha value is -1.99. The van der Waals surface area contributed by atoms with Crippen molar-refractivity contribution < 1.29 is 19.6 Å². The predicted octanol–water partition coefficient (Wildman–Crippen LogP) is 0.995. The number of anilines is 1. The van der Waals surface area contributed by atoms with Gasteiger partial charge in [-0.3, -0.25) is 14.9 Å². The Morgan fingerprint density at radius 2 is 2.35 bits per heavy atom. The number of ether oxygens (including phenoxy) is 1. The highest BCUT2D eigenvalue weighted by Crippen LogP contribution is 2.30. The number of nitro benzene ring substituents is 1. The summed E-state index contributed by atoms with van der Waals surface area (Å²) >= 11 is 0. The van der Waals surface area contributed by atoms with Crippen LogP contribution in [0, 0.1) is 10.1 Å². The first-order chi connectivity index (χ1) is 9.52. The summed E-state index contributed by atoms with van der Waals surface area (Å²) in [5.74, 6) is -0.213. The molecule has 20 heavy (non-hydrogen) atoms. The van der Waals surface area contributed by atoms with E-state index in [1.807, 2.05) is 0 Å². The standard InChI is InChI=1S/C13H16N2O5/c1-9(17)10-2-3-12(13(6-10)15(18)19)14-4-5-20-11(7-14)8-16/h2-3,6,11,16H,4-5,7-8H2,1H3. The number of carbonyl (C=O) groups excluding carboxylic acids is 1. The predicted molar refractivity (Wildman–Crippen MR) is 72.1 cm³/mol.